The quantitative estimate of drug-likeness (QED) is 0.773. The van der Waals surface area contributed by atoms with Gasteiger partial charge in [-0.05, 0) is 23.4 Å². The van der Waals surface area contributed by atoms with E-state index in [1.54, 1.807) is 16.2 Å². The fourth-order valence-corrected chi connectivity index (χ4v) is 5.06. The first kappa shape index (κ1) is 15.9. The van der Waals surface area contributed by atoms with Gasteiger partial charge >= 0.3 is 12.0 Å². The average Bonchev–Trinajstić information content (AvgIpc) is 2.98. The summed E-state index contributed by atoms with van der Waals surface area (Å²) in [6.45, 7) is 0.115. The summed E-state index contributed by atoms with van der Waals surface area (Å²) < 4.78 is 1.14. The number of carboxylic acid groups (broad SMARTS) is 1. The molecule has 8 heteroatoms. The van der Waals surface area contributed by atoms with Crippen molar-refractivity contribution in [2.75, 3.05) is 13.1 Å². The molecular formula is C17H17N3O4S. The van der Waals surface area contributed by atoms with Crippen LogP contribution in [-0.2, 0) is 16.0 Å². The van der Waals surface area contributed by atoms with Crippen molar-refractivity contribution in [2.24, 2.45) is 0 Å². The van der Waals surface area contributed by atoms with E-state index in [0.29, 0.717) is 13.0 Å². The Hall–Kier alpha value is -2.61. The fourth-order valence-electron chi connectivity index (χ4n) is 3.69. The highest BCUT2D eigenvalue weighted by molar-refractivity contribution is 7.19. The van der Waals surface area contributed by atoms with Crippen molar-refractivity contribution in [1.29, 1.82) is 0 Å². The average molecular weight is 359 g/mol. The lowest BCUT2D eigenvalue weighted by Crippen LogP contribution is -2.60. The Balaban J connectivity index is 1.76. The van der Waals surface area contributed by atoms with Crippen LogP contribution >= 0.6 is 11.3 Å². The molecule has 1 fully saturated rings. The number of fused-ring (bicyclic) bond motifs is 5. The highest BCUT2D eigenvalue weighted by Gasteiger charge is 2.44. The van der Waals surface area contributed by atoms with E-state index in [1.807, 2.05) is 24.3 Å². The molecule has 0 bridgehead atoms. The minimum Gasteiger partial charge on any atom is -0.480 e. The first-order valence-electron chi connectivity index (χ1n) is 8.12. The van der Waals surface area contributed by atoms with Crippen LogP contribution in [0.3, 0.4) is 0 Å². The van der Waals surface area contributed by atoms with E-state index in [2.05, 4.69) is 10.6 Å². The highest BCUT2D eigenvalue weighted by atomic mass is 32.1. The van der Waals surface area contributed by atoms with E-state index in [-0.39, 0.29) is 12.1 Å². The Labute approximate surface area is 147 Å². The van der Waals surface area contributed by atoms with Gasteiger partial charge in [0, 0.05) is 22.5 Å². The van der Waals surface area contributed by atoms with Gasteiger partial charge in [-0.3, -0.25) is 9.59 Å². The molecule has 25 heavy (non-hydrogen) atoms. The number of urea groups is 1. The number of amides is 3. The van der Waals surface area contributed by atoms with Gasteiger partial charge in [-0.25, -0.2) is 4.79 Å². The third-order valence-corrected chi connectivity index (χ3v) is 6.06. The number of hydrogen-bond acceptors (Lipinski definition) is 4. The van der Waals surface area contributed by atoms with Crippen molar-refractivity contribution in [2.45, 2.75) is 24.9 Å². The molecule has 0 aliphatic carbocycles. The van der Waals surface area contributed by atoms with Gasteiger partial charge in [0.15, 0.2) is 0 Å². The minimum atomic E-state index is -1.11. The number of rotatable bonds is 3. The van der Waals surface area contributed by atoms with Crippen LogP contribution in [-0.4, -0.2) is 47.0 Å². The lowest BCUT2D eigenvalue weighted by molar-refractivity contribution is -0.138. The summed E-state index contributed by atoms with van der Waals surface area (Å²) in [5.41, 5.74) is 1.10. The van der Waals surface area contributed by atoms with Crippen LogP contribution in [0.25, 0.3) is 10.1 Å². The number of nitrogens with zero attached hydrogens (tertiary/aromatic N) is 1. The van der Waals surface area contributed by atoms with E-state index in [4.69, 9.17) is 5.11 Å². The van der Waals surface area contributed by atoms with Crippen LogP contribution in [0.2, 0.25) is 0 Å². The zero-order chi connectivity index (χ0) is 17.6. The van der Waals surface area contributed by atoms with Crippen molar-refractivity contribution < 1.29 is 19.5 Å². The largest absolute Gasteiger partial charge is 0.480 e. The number of nitrogens with one attached hydrogen (secondary N) is 2. The Morgan fingerprint density at radius 2 is 2.16 bits per heavy atom. The zero-order valence-electron chi connectivity index (χ0n) is 13.3. The molecule has 2 aliphatic rings. The van der Waals surface area contributed by atoms with Gasteiger partial charge < -0.3 is 20.6 Å². The Kier molecular flexibility index (Phi) is 3.84. The van der Waals surface area contributed by atoms with Crippen molar-refractivity contribution in [3.05, 3.63) is 34.7 Å². The molecule has 0 unspecified atom stereocenters. The Bertz CT molecular complexity index is 878. The molecule has 0 radical (unpaired) electrons. The monoisotopic (exact) mass is 359 g/mol. The maximum atomic E-state index is 12.6. The maximum absolute atomic E-state index is 12.6. The lowest BCUT2D eigenvalue weighted by atomic mass is 9.89. The number of thiophene rings is 1. The van der Waals surface area contributed by atoms with Crippen LogP contribution in [0.15, 0.2) is 24.3 Å². The Morgan fingerprint density at radius 3 is 2.96 bits per heavy atom. The number of carbonyl (C=O) groups is 3. The molecule has 2 aromatic rings. The van der Waals surface area contributed by atoms with Gasteiger partial charge in [-0.15, -0.1) is 11.3 Å². The Morgan fingerprint density at radius 1 is 1.36 bits per heavy atom. The molecular weight excluding hydrogens is 342 g/mol. The van der Waals surface area contributed by atoms with Gasteiger partial charge in [-0.1, -0.05) is 18.2 Å². The third kappa shape index (κ3) is 2.62. The molecule has 4 rings (SSSR count). The topological polar surface area (TPSA) is 98.7 Å². The van der Waals surface area contributed by atoms with E-state index < -0.39 is 24.5 Å². The van der Waals surface area contributed by atoms with Gasteiger partial charge in [0.05, 0.1) is 6.04 Å². The van der Waals surface area contributed by atoms with Gasteiger partial charge in [0.1, 0.15) is 12.6 Å². The molecule has 0 spiro atoms. The van der Waals surface area contributed by atoms with Gasteiger partial charge in [0.25, 0.3) is 0 Å². The SMILES string of the molecule is O=C(O)CNC(=O)[C@@H]1Cc2c(sc3ccccc23)[C@H]2CCNC(=O)N21. The van der Waals surface area contributed by atoms with E-state index >= 15 is 0 Å². The molecule has 1 aromatic carbocycles. The summed E-state index contributed by atoms with van der Waals surface area (Å²) in [5, 5.41) is 15.1. The second kappa shape index (κ2) is 6.03. The number of aliphatic carboxylic acids is 1. The van der Waals surface area contributed by atoms with Crippen LogP contribution in [0.4, 0.5) is 4.79 Å². The lowest BCUT2D eigenvalue weighted by Gasteiger charge is -2.43. The van der Waals surface area contributed by atoms with E-state index in [0.717, 1.165) is 26.9 Å². The summed E-state index contributed by atoms with van der Waals surface area (Å²) in [7, 11) is 0. The van der Waals surface area contributed by atoms with Crippen LogP contribution in [0.5, 0.6) is 0 Å². The van der Waals surface area contributed by atoms with E-state index in [9.17, 15) is 14.4 Å². The third-order valence-electron chi connectivity index (χ3n) is 4.75. The second-order valence-corrected chi connectivity index (χ2v) is 7.30. The molecule has 3 heterocycles. The zero-order valence-corrected chi connectivity index (χ0v) is 14.1. The standard InChI is InChI=1S/C17H17N3O4S/c21-14(22)8-19-16(23)12-7-10-9-3-1-2-4-13(9)25-15(10)11-5-6-18-17(24)20(11)12/h1-4,11-12H,5-8H2,(H,18,24)(H,19,23)(H,21,22)/t11-,12+/m1/s1. The summed E-state index contributed by atoms with van der Waals surface area (Å²) in [6, 6.07) is 6.92. The first-order chi connectivity index (χ1) is 12.1. The van der Waals surface area contributed by atoms with Crippen molar-refractivity contribution in [1.82, 2.24) is 15.5 Å². The minimum absolute atomic E-state index is 0.143. The molecule has 0 saturated carbocycles. The molecule has 7 nitrogen and oxygen atoms in total. The fraction of sp³-hybridized carbons (Fsp3) is 0.353. The van der Waals surface area contributed by atoms with Crippen LogP contribution < -0.4 is 10.6 Å². The summed E-state index contributed by atoms with van der Waals surface area (Å²) in [4.78, 5) is 38.5. The molecule has 3 amide bonds. The first-order valence-corrected chi connectivity index (χ1v) is 8.94. The summed E-state index contributed by atoms with van der Waals surface area (Å²) in [6.07, 6.45) is 1.13. The highest BCUT2D eigenvalue weighted by Crippen LogP contribution is 2.45. The van der Waals surface area contributed by atoms with Crippen molar-refractivity contribution in [3.8, 4) is 0 Å². The smallest absolute Gasteiger partial charge is 0.322 e. The number of hydrogen-bond donors (Lipinski definition) is 3. The molecule has 2 aliphatic heterocycles. The second-order valence-electron chi connectivity index (χ2n) is 6.22. The predicted octanol–water partition coefficient (Wildman–Crippen LogP) is 1.48. The van der Waals surface area contributed by atoms with Crippen LogP contribution in [0.1, 0.15) is 22.9 Å². The maximum Gasteiger partial charge on any atom is 0.322 e. The van der Waals surface area contributed by atoms with Crippen molar-refractivity contribution in [3.63, 3.8) is 0 Å². The molecule has 3 N–H and O–H groups in total. The number of benzene rings is 1. The van der Waals surface area contributed by atoms with Gasteiger partial charge in [-0.2, -0.15) is 0 Å². The summed E-state index contributed by atoms with van der Waals surface area (Å²) >= 11 is 1.67. The molecule has 1 saturated heterocycles. The molecule has 1 aromatic heterocycles. The predicted molar refractivity (Wildman–Crippen MR) is 92.6 cm³/mol. The van der Waals surface area contributed by atoms with Gasteiger partial charge in [0.2, 0.25) is 5.91 Å². The van der Waals surface area contributed by atoms with E-state index in [1.165, 1.54) is 0 Å². The summed E-state index contributed by atoms with van der Waals surface area (Å²) in [5.74, 6) is -1.53. The molecule has 2 atom stereocenters. The van der Waals surface area contributed by atoms with Crippen molar-refractivity contribution >= 4 is 39.3 Å². The number of carboxylic acids is 1. The normalized spacial score (nSPS) is 22.1. The van der Waals surface area contributed by atoms with Crippen LogP contribution in [0, 0.1) is 0 Å². The molecule has 130 valence electrons. The number of carbonyl (C=O) groups excluding carboxylic acids is 2.